The van der Waals surface area contributed by atoms with E-state index in [-0.39, 0.29) is 5.91 Å². The largest absolute Gasteiger partial charge is 0.307 e. The smallest absolute Gasteiger partial charge is 0.256 e. The molecule has 106 valence electrons. The number of carbonyl (C=O) groups is 1. The number of benzene rings is 1. The van der Waals surface area contributed by atoms with E-state index in [4.69, 9.17) is 0 Å². The zero-order chi connectivity index (χ0) is 14.7. The number of anilines is 1. The van der Waals surface area contributed by atoms with Crippen molar-refractivity contribution in [3.8, 4) is 11.4 Å². The summed E-state index contributed by atoms with van der Waals surface area (Å²) in [6.07, 6.45) is 2.49. The molecule has 21 heavy (non-hydrogen) atoms. The number of tetrazole rings is 1. The Morgan fingerprint density at radius 1 is 1.38 bits per heavy atom. The highest BCUT2D eigenvalue weighted by atomic mass is 16.1. The molecule has 3 N–H and O–H groups in total. The average Bonchev–Trinajstić information content (AvgIpc) is 3.18. The van der Waals surface area contributed by atoms with Crippen molar-refractivity contribution >= 4 is 11.7 Å². The molecule has 0 unspecified atom stereocenters. The van der Waals surface area contributed by atoms with Crippen LogP contribution in [0.25, 0.3) is 11.4 Å². The van der Waals surface area contributed by atoms with Crippen molar-refractivity contribution in [2.24, 2.45) is 0 Å². The van der Waals surface area contributed by atoms with Gasteiger partial charge in [-0.05, 0) is 23.8 Å². The maximum atomic E-state index is 12.3. The van der Waals surface area contributed by atoms with E-state index in [9.17, 15) is 4.79 Å². The first-order valence-electron chi connectivity index (χ1n) is 6.45. The highest BCUT2D eigenvalue weighted by molar-refractivity contribution is 6.04. The third kappa shape index (κ3) is 2.64. The van der Waals surface area contributed by atoms with Gasteiger partial charge in [-0.3, -0.25) is 9.89 Å². The standard InChI is InChI=1S/C13H13N7O/c1-2-8-7-14-16-11(8)15-13(21)10-5-3-4-9(6-10)12-17-19-20-18-12/h3-7H,2H2,1H3,(H2,14,15,16,21)(H,17,18,19,20). The van der Waals surface area contributed by atoms with Gasteiger partial charge >= 0.3 is 0 Å². The Morgan fingerprint density at radius 3 is 3.05 bits per heavy atom. The second-order valence-electron chi connectivity index (χ2n) is 4.39. The molecule has 0 fully saturated rings. The Bertz CT molecular complexity index is 747. The first-order chi connectivity index (χ1) is 10.3. The maximum absolute atomic E-state index is 12.3. The Hall–Kier alpha value is -3.03. The second-order valence-corrected chi connectivity index (χ2v) is 4.39. The van der Waals surface area contributed by atoms with E-state index < -0.39 is 0 Å². The number of aromatic nitrogens is 6. The van der Waals surface area contributed by atoms with Crippen LogP contribution in [0.15, 0.2) is 30.5 Å². The van der Waals surface area contributed by atoms with Crippen LogP contribution in [0.3, 0.4) is 0 Å². The normalized spacial score (nSPS) is 10.5. The summed E-state index contributed by atoms with van der Waals surface area (Å²) in [5.74, 6) is 0.840. The first kappa shape index (κ1) is 13.0. The van der Waals surface area contributed by atoms with Gasteiger partial charge in [0, 0.05) is 16.7 Å². The van der Waals surface area contributed by atoms with E-state index in [2.05, 4.69) is 36.1 Å². The summed E-state index contributed by atoms with van der Waals surface area (Å²) in [6.45, 7) is 2.00. The van der Waals surface area contributed by atoms with Gasteiger partial charge in [0.2, 0.25) is 5.82 Å². The number of nitrogens with one attached hydrogen (secondary N) is 3. The number of hydrogen-bond acceptors (Lipinski definition) is 5. The molecule has 2 heterocycles. The molecule has 8 heteroatoms. The van der Waals surface area contributed by atoms with Gasteiger partial charge in [0.05, 0.1) is 6.20 Å². The first-order valence-corrected chi connectivity index (χ1v) is 6.45. The summed E-state index contributed by atoms with van der Waals surface area (Å²) >= 11 is 0. The molecule has 0 aliphatic rings. The monoisotopic (exact) mass is 283 g/mol. The van der Waals surface area contributed by atoms with Crippen LogP contribution < -0.4 is 5.32 Å². The van der Waals surface area contributed by atoms with Crippen LogP contribution in [-0.4, -0.2) is 36.7 Å². The third-order valence-electron chi connectivity index (χ3n) is 3.07. The van der Waals surface area contributed by atoms with Crippen LogP contribution in [0.5, 0.6) is 0 Å². The van der Waals surface area contributed by atoms with Crippen molar-refractivity contribution < 1.29 is 4.79 Å². The molecule has 1 amide bonds. The fourth-order valence-electron chi connectivity index (χ4n) is 1.96. The van der Waals surface area contributed by atoms with E-state index in [1.165, 1.54) is 0 Å². The molecule has 0 aliphatic carbocycles. The summed E-state index contributed by atoms with van der Waals surface area (Å²) in [5, 5.41) is 23.2. The van der Waals surface area contributed by atoms with Gasteiger partial charge in [0.25, 0.3) is 5.91 Å². The lowest BCUT2D eigenvalue weighted by Gasteiger charge is -2.05. The maximum Gasteiger partial charge on any atom is 0.256 e. The molecule has 2 aromatic heterocycles. The highest BCUT2D eigenvalue weighted by Gasteiger charge is 2.12. The summed E-state index contributed by atoms with van der Waals surface area (Å²) in [7, 11) is 0. The highest BCUT2D eigenvalue weighted by Crippen LogP contribution is 2.17. The summed E-state index contributed by atoms with van der Waals surface area (Å²) < 4.78 is 0. The van der Waals surface area contributed by atoms with Crippen molar-refractivity contribution in [1.82, 2.24) is 30.8 Å². The van der Waals surface area contributed by atoms with Gasteiger partial charge in [0.1, 0.15) is 5.82 Å². The van der Waals surface area contributed by atoms with Crippen molar-refractivity contribution in [2.45, 2.75) is 13.3 Å². The van der Waals surface area contributed by atoms with Crippen LogP contribution in [-0.2, 0) is 6.42 Å². The molecule has 8 nitrogen and oxygen atoms in total. The molecular weight excluding hydrogens is 270 g/mol. The number of rotatable bonds is 4. The van der Waals surface area contributed by atoms with Crippen molar-refractivity contribution in [3.05, 3.63) is 41.6 Å². The minimum Gasteiger partial charge on any atom is -0.307 e. The van der Waals surface area contributed by atoms with Gasteiger partial charge in [-0.1, -0.05) is 19.1 Å². The van der Waals surface area contributed by atoms with Gasteiger partial charge in [-0.2, -0.15) is 10.3 Å². The molecule has 0 atom stereocenters. The molecule has 0 radical (unpaired) electrons. The molecule has 0 saturated heterocycles. The van der Waals surface area contributed by atoms with Crippen LogP contribution in [0, 0.1) is 0 Å². The van der Waals surface area contributed by atoms with Crippen LogP contribution in [0.2, 0.25) is 0 Å². The molecule has 1 aromatic carbocycles. The number of amides is 1. The van der Waals surface area contributed by atoms with E-state index >= 15 is 0 Å². The van der Waals surface area contributed by atoms with E-state index in [1.54, 1.807) is 24.4 Å². The molecular formula is C13H13N7O. The summed E-state index contributed by atoms with van der Waals surface area (Å²) in [5.41, 5.74) is 2.18. The molecule has 0 saturated carbocycles. The zero-order valence-electron chi connectivity index (χ0n) is 11.3. The van der Waals surface area contributed by atoms with Crippen molar-refractivity contribution in [1.29, 1.82) is 0 Å². The number of carbonyl (C=O) groups excluding carboxylic acids is 1. The van der Waals surface area contributed by atoms with E-state index in [1.807, 2.05) is 13.0 Å². The fourth-order valence-corrected chi connectivity index (χ4v) is 1.96. The quantitative estimate of drug-likeness (QED) is 0.670. The average molecular weight is 283 g/mol. The molecule has 0 aliphatic heterocycles. The van der Waals surface area contributed by atoms with Crippen LogP contribution in [0.1, 0.15) is 22.8 Å². The van der Waals surface area contributed by atoms with Gasteiger partial charge in [0.15, 0.2) is 0 Å². The zero-order valence-corrected chi connectivity index (χ0v) is 11.3. The van der Waals surface area contributed by atoms with Crippen molar-refractivity contribution in [2.75, 3.05) is 5.32 Å². The van der Waals surface area contributed by atoms with Crippen LogP contribution >= 0.6 is 0 Å². The molecule has 3 rings (SSSR count). The van der Waals surface area contributed by atoms with Gasteiger partial charge < -0.3 is 5.32 Å². The lowest BCUT2D eigenvalue weighted by Crippen LogP contribution is -2.13. The Labute approximate surface area is 120 Å². The van der Waals surface area contributed by atoms with E-state index in [0.717, 1.165) is 17.5 Å². The minimum atomic E-state index is -0.223. The Kier molecular flexibility index (Phi) is 3.42. The predicted molar refractivity (Wildman–Crippen MR) is 75.5 cm³/mol. The Balaban J connectivity index is 1.84. The van der Waals surface area contributed by atoms with Crippen LogP contribution in [0.4, 0.5) is 5.82 Å². The SMILES string of the molecule is CCc1cn[nH]c1NC(=O)c1cccc(-c2nn[nH]n2)c1. The van der Waals surface area contributed by atoms with Crippen molar-refractivity contribution in [3.63, 3.8) is 0 Å². The molecule has 0 spiro atoms. The van der Waals surface area contributed by atoms with Gasteiger partial charge in [-0.15, -0.1) is 10.2 Å². The van der Waals surface area contributed by atoms with Gasteiger partial charge in [-0.25, -0.2) is 0 Å². The summed E-state index contributed by atoms with van der Waals surface area (Å²) in [4.78, 5) is 12.3. The molecule has 0 bridgehead atoms. The third-order valence-corrected chi connectivity index (χ3v) is 3.07. The lowest BCUT2D eigenvalue weighted by atomic mass is 10.1. The number of aryl methyl sites for hydroxylation is 1. The minimum absolute atomic E-state index is 0.223. The molecule has 3 aromatic rings. The number of aromatic amines is 2. The fraction of sp³-hybridized carbons (Fsp3) is 0.154. The Morgan fingerprint density at radius 2 is 2.29 bits per heavy atom. The topological polar surface area (TPSA) is 112 Å². The summed E-state index contributed by atoms with van der Waals surface area (Å²) in [6, 6.07) is 7.02. The number of hydrogen-bond donors (Lipinski definition) is 3. The second kappa shape index (κ2) is 5.53. The predicted octanol–water partition coefficient (Wildman–Crippen LogP) is 1.40. The van der Waals surface area contributed by atoms with E-state index in [0.29, 0.717) is 17.2 Å². The lowest BCUT2D eigenvalue weighted by molar-refractivity contribution is 0.102. The number of nitrogens with zero attached hydrogens (tertiary/aromatic N) is 4. The number of H-pyrrole nitrogens is 2.